The fourth-order valence-electron chi connectivity index (χ4n) is 4.75. The van der Waals surface area contributed by atoms with E-state index in [1.807, 2.05) is 38.1 Å². The molecule has 9 heteroatoms. The van der Waals surface area contributed by atoms with Crippen LogP contribution in [0.1, 0.15) is 43.4 Å². The summed E-state index contributed by atoms with van der Waals surface area (Å²) in [4.78, 5) is 30.8. The Morgan fingerprint density at radius 2 is 1.75 bits per heavy atom. The molecule has 1 heterocycles. The molecule has 0 aliphatic rings. The van der Waals surface area contributed by atoms with Gasteiger partial charge in [0, 0.05) is 5.56 Å². The maximum absolute atomic E-state index is 13.8. The molecule has 8 nitrogen and oxygen atoms in total. The van der Waals surface area contributed by atoms with Gasteiger partial charge in [0.25, 0.3) is 11.5 Å². The van der Waals surface area contributed by atoms with Crippen molar-refractivity contribution in [3.8, 4) is 22.9 Å². The predicted molar refractivity (Wildman–Crippen MR) is 171 cm³/mol. The van der Waals surface area contributed by atoms with E-state index in [4.69, 9.17) is 14.5 Å². The number of benzene rings is 4. The molecule has 0 bridgehead atoms. The first kappa shape index (κ1) is 30.2. The minimum absolute atomic E-state index is 0.0892. The van der Waals surface area contributed by atoms with Gasteiger partial charge in [0.1, 0.15) is 17.3 Å². The molecular formula is C35H33FN4O4. The van der Waals surface area contributed by atoms with E-state index in [1.165, 1.54) is 16.8 Å². The summed E-state index contributed by atoms with van der Waals surface area (Å²) in [6.07, 6.45) is 1.57. The van der Waals surface area contributed by atoms with Crippen LogP contribution in [0.5, 0.6) is 11.5 Å². The van der Waals surface area contributed by atoms with Gasteiger partial charge in [-0.05, 0) is 97.1 Å². The Hall–Kier alpha value is -5.31. The molecule has 0 aliphatic heterocycles. The average molecular weight is 593 g/mol. The third kappa shape index (κ3) is 6.67. The number of nitrogens with zero attached hydrogens (tertiary/aromatic N) is 3. The Kier molecular flexibility index (Phi) is 9.14. The molecule has 1 N–H and O–H groups in total. The normalized spacial score (nSPS) is 11.3. The topological polar surface area (TPSA) is 94.8 Å². The second-order valence-corrected chi connectivity index (χ2v) is 10.5. The van der Waals surface area contributed by atoms with Crippen LogP contribution in [-0.4, -0.2) is 35.0 Å². The predicted octanol–water partition coefficient (Wildman–Crippen LogP) is 6.93. The van der Waals surface area contributed by atoms with E-state index in [0.717, 1.165) is 22.4 Å². The van der Waals surface area contributed by atoms with Crippen LogP contribution in [0.2, 0.25) is 0 Å². The molecule has 5 rings (SSSR count). The highest BCUT2D eigenvalue weighted by atomic mass is 19.1. The van der Waals surface area contributed by atoms with Gasteiger partial charge in [0.15, 0.2) is 12.4 Å². The number of para-hydroxylation sites is 2. The maximum atomic E-state index is 13.8. The van der Waals surface area contributed by atoms with Gasteiger partial charge in [-0.2, -0.15) is 9.78 Å². The molecule has 0 saturated heterocycles. The van der Waals surface area contributed by atoms with E-state index in [0.29, 0.717) is 34.6 Å². The van der Waals surface area contributed by atoms with Crippen molar-refractivity contribution in [1.82, 2.24) is 9.66 Å². The summed E-state index contributed by atoms with van der Waals surface area (Å²) in [5.74, 6) is 0.865. The number of nitrogens with one attached hydrogen (secondary N) is 1. The Bertz CT molecular complexity index is 1900. The molecule has 0 radical (unpaired) electrons. The van der Waals surface area contributed by atoms with Crippen molar-refractivity contribution in [3.63, 3.8) is 0 Å². The van der Waals surface area contributed by atoms with Crippen LogP contribution in [0, 0.1) is 12.7 Å². The second-order valence-electron chi connectivity index (χ2n) is 10.5. The zero-order valence-corrected chi connectivity index (χ0v) is 25.0. The summed E-state index contributed by atoms with van der Waals surface area (Å²) in [6, 6.07) is 24.0. The summed E-state index contributed by atoms with van der Waals surface area (Å²) in [7, 11) is 0. The van der Waals surface area contributed by atoms with Gasteiger partial charge in [0.2, 0.25) is 0 Å². The fourth-order valence-corrected chi connectivity index (χ4v) is 4.75. The molecule has 4 aromatic carbocycles. The molecule has 0 fully saturated rings. The van der Waals surface area contributed by atoms with Gasteiger partial charge in [-0.25, -0.2) is 9.37 Å². The number of fused-ring (bicyclic) bond motifs is 1. The fraction of sp³-hybridized carbons (Fsp3) is 0.200. The number of anilines is 1. The van der Waals surface area contributed by atoms with Crippen LogP contribution in [0.15, 0.2) is 94.8 Å². The zero-order valence-electron chi connectivity index (χ0n) is 25.0. The molecule has 5 aromatic rings. The van der Waals surface area contributed by atoms with Gasteiger partial charge in [0.05, 0.1) is 29.4 Å². The van der Waals surface area contributed by atoms with E-state index in [-0.39, 0.29) is 23.8 Å². The average Bonchev–Trinajstić information content (AvgIpc) is 3.01. The number of rotatable bonds is 10. The van der Waals surface area contributed by atoms with E-state index in [9.17, 15) is 14.0 Å². The first-order valence-corrected chi connectivity index (χ1v) is 14.4. The Morgan fingerprint density at radius 1 is 1.02 bits per heavy atom. The highest BCUT2D eigenvalue weighted by Gasteiger charge is 2.18. The molecule has 0 atom stereocenters. The van der Waals surface area contributed by atoms with Gasteiger partial charge < -0.3 is 14.8 Å². The summed E-state index contributed by atoms with van der Waals surface area (Å²) in [5.41, 5.74) is 3.79. The highest BCUT2D eigenvalue weighted by Crippen LogP contribution is 2.34. The summed E-state index contributed by atoms with van der Waals surface area (Å²) >= 11 is 0. The molecule has 0 unspecified atom stereocenters. The van der Waals surface area contributed by atoms with Crippen molar-refractivity contribution in [2.75, 3.05) is 18.5 Å². The van der Waals surface area contributed by atoms with Crippen LogP contribution in [0.3, 0.4) is 0 Å². The molecule has 0 aliphatic carbocycles. The Morgan fingerprint density at radius 3 is 2.48 bits per heavy atom. The van der Waals surface area contributed by atoms with Crippen LogP contribution >= 0.6 is 0 Å². The van der Waals surface area contributed by atoms with Crippen molar-refractivity contribution >= 4 is 28.7 Å². The lowest BCUT2D eigenvalue weighted by Crippen LogP contribution is -2.21. The summed E-state index contributed by atoms with van der Waals surface area (Å²) < 4.78 is 26.6. The van der Waals surface area contributed by atoms with E-state index >= 15 is 0 Å². The molecule has 1 amide bonds. The van der Waals surface area contributed by atoms with Crippen molar-refractivity contribution in [2.24, 2.45) is 5.10 Å². The molecule has 0 spiro atoms. The highest BCUT2D eigenvalue weighted by molar-refractivity contribution is 5.92. The second kappa shape index (κ2) is 13.3. The monoisotopic (exact) mass is 592 g/mol. The Labute approximate surface area is 254 Å². The number of carbonyl (C=O) groups is 1. The van der Waals surface area contributed by atoms with Gasteiger partial charge in [-0.1, -0.05) is 38.1 Å². The van der Waals surface area contributed by atoms with Crippen LogP contribution in [0.25, 0.3) is 22.3 Å². The standard InChI is InChI=1S/C35H33FN4O4/c1-5-43-32-18-23(4)28(19-27(32)22(2)3)34-39-30-12-8-6-10-26(30)35(42)40(34)37-20-24-14-16-25(17-15-24)44-21-33(41)38-31-13-9-7-11-29(31)36/h6-20,22H,5,21H2,1-4H3,(H,38,41). The minimum Gasteiger partial charge on any atom is -0.494 e. The maximum Gasteiger partial charge on any atom is 0.282 e. The van der Waals surface area contributed by atoms with Gasteiger partial charge in [-0.15, -0.1) is 0 Å². The number of hydrogen-bond donors (Lipinski definition) is 1. The van der Waals surface area contributed by atoms with Crippen LogP contribution < -0.4 is 20.3 Å². The first-order chi connectivity index (χ1) is 21.2. The first-order valence-electron chi connectivity index (χ1n) is 14.4. The Balaban J connectivity index is 1.43. The van der Waals surface area contributed by atoms with Crippen molar-refractivity contribution in [2.45, 2.75) is 33.6 Å². The number of amides is 1. The lowest BCUT2D eigenvalue weighted by molar-refractivity contribution is -0.118. The van der Waals surface area contributed by atoms with Crippen LogP contribution in [-0.2, 0) is 4.79 Å². The summed E-state index contributed by atoms with van der Waals surface area (Å²) in [5, 5.41) is 7.52. The number of carbonyl (C=O) groups excluding carboxylic acids is 1. The number of ether oxygens (including phenoxy) is 2. The number of aromatic nitrogens is 2. The molecule has 1 aromatic heterocycles. The van der Waals surface area contributed by atoms with Crippen molar-refractivity contribution in [3.05, 3.63) is 118 Å². The van der Waals surface area contributed by atoms with Gasteiger partial charge in [-0.3, -0.25) is 9.59 Å². The number of halogens is 1. The molecular weight excluding hydrogens is 559 g/mol. The van der Waals surface area contributed by atoms with Crippen molar-refractivity contribution in [1.29, 1.82) is 0 Å². The van der Waals surface area contributed by atoms with E-state index in [2.05, 4.69) is 24.3 Å². The quantitative estimate of drug-likeness (QED) is 0.178. The lowest BCUT2D eigenvalue weighted by Gasteiger charge is -2.18. The van der Waals surface area contributed by atoms with Crippen LogP contribution in [0.4, 0.5) is 10.1 Å². The van der Waals surface area contributed by atoms with Gasteiger partial charge >= 0.3 is 0 Å². The lowest BCUT2D eigenvalue weighted by atomic mass is 9.96. The minimum atomic E-state index is -0.522. The van der Waals surface area contributed by atoms with E-state index in [1.54, 1.807) is 54.7 Å². The van der Waals surface area contributed by atoms with Crippen molar-refractivity contribution < 1.29 is 18.7 Å². The summed E-state index contributed by atoms with van der Waals surface area (Å²) in [6.45, 7) is 8.37. The zero-order chi connectivity index (χ0) is 31.2. The smallest absolute Gasteiger partial charge is 0.282 e. The molecule has 44 heavy (non-hydrogen) atoms. The SMILES string of the molecule is CCOc1cc(C)c(-c2nc3ccccc3c(=O)n2N=Cc2ccc(OCC(=O)Nc3ccccc3F)cc2)cc1C(C)C. The molecule has 224 valence electrons. The largest absolute Gasteiger partial charge is 0.494 e. The number of aryl methyl sites for hydroxylation is 1. The third-order valence-corrected chi connectivity index (χ3v) is 6.99. The van der Waals surface area contributed by atoms with E-state index < -0.39 is 11.7 Å². The third-order valence-electron chi connectivity index (χ3n) is 6.99. The molecule has 0 saturated carbocycles. The number of hydrogen-bond acceptors (Lipinski definition) is 6.